The zero-order valence-electron chi connectivity index (χ0n) is 15.6. The maximum absolute atomic E-state index is 6.04. The van der Waals surface area contributed by atoms with Gasteiger partial charge in [-0.05, 0) is 11.0 Å². The standard InChI is InChI=1S/C20H27N5O/c1-20(2)14-25(13-16(20)15-6-4-3-5-7-15)18-12-17(22-19(21)23-18)24-8-10-26-11-9-24/h3-7,12,16H,8-11,13-14H2,1-2H3,(H2,21,22,23). The molecule has 0 radical (unpaired) electrons. The zero-order chi connectivity index (χ0) is 18.1. The fourth-order valence-corrected chi connectivity index (χ4v) is 4.11. The summed E-state index contributed by atoms with van der Waals surface area (Å²) in [6, 6.07) is 12.8. The lowest BCUT2D eigenvalue weighted by Gasteiger charge is -2.29. The van der Waals surface area contributed by atoms with Crippen LogP contribution in [0.5, 0.6) is 0 Å². The third kappa shape index (κ3) is 3.33. The van der Waals surface area contributed by atoms with E-state index < -0.39 is 0 Å². The Hall–Kier alpha value is -2.34. The average Bonchev–Trinajstić information content (AvgIpc) is 2.98. The zero-order valence-corrected chi connectivity index (χ0v) is 15.6. The van der Waals surface area contributed by atoms with Crippen LogP contribution in [0.25, 0.3) is 0 Å². The molecule has 0 amide bonds. The van der Waals surface area contributed by atoms with Gasteiger partial charge in [0, 0.05) is 38.2 Å². The molecule has 3 heterocycles. The number of nitrogens with zero attached hydrogens (tertiary/aromatic N) is 4. The number of anilines is 3. The van der Waals surface area contributed by atoms with E-state index in [0.717, 1.165) is 51.0 Å². The van der Waals surface area contributed by atoms with E-state index in [0.29, 0.717) is 11.9 Å². The molecule has 2 N–H and O–H groups in total. The summed E-state index contributed by atoms with van der Waals surface area (Å²) in [5.41, 5.74) is 7.59. The van der Waals surface area contributed by atoms with E-state index in [4.69, 9.17) is 10.5 Å². The van der Waals surface area contributed by atoms with Crippen molar-refractivity contribution in [1.82, 2.24) is 9.97 Å². The molecule has 4 rings (SSSR count). The Morgan fingerprint density at radius 2 is 1.69 bits per heavy atom. The van der Waals surface area contributed by atoms with Gasteiger partial charge in [0.2, 0.25) is 5.95 Å². The van der Waals surface area contributed by atoms with Crippen molar-refractivity contribution in [3.05, 3.63) is 42.0 Å². The Kier molecular flexibility index (Phi) is 4.44. The molecule has 2 saturated heterocycles. The van der Waals surface area contributed by atoms with E-state index in [9.17, 15) is 0 Å². The Labute approximate surface area is 155 Å². The van der Waals surface area contributed by atoms with Crippen molar-refractivity contribution in [2.45, 2.75) is 19.8 Å². The molecular formula is C20H27N5O. The monoisotopic (exact) mass is 353 g/mol. The minimum absolute atomic E-state index is 0.167. The van der Waals surface area contributed by atoms with Crippen LogP contribution < -0.4 is 15.5 Å². The van der Waals surface area contributed by atoms with Crippen LogP contribution in [0, 0.1) is 5.41 Å². The summed E-state index contributed by atoms with van der Waals surface area (Å²) in [7, 11) is 0. The number of aromatic nitrogens is 2. The van der Waals surface area contributed by atoms with Gasteiger partial charge in [-0.15, -0.1) is 0 Å². The molecule has 2 aromatic rings. The number of hydrogen-bond donors (Lipinski definition) is 1. The quantitative estimate of drug-likeness (QED) is 0.915. The summed E-state index contributed by atoms with van der Waals surface area (Å²) in [4.78, 5) is 13.6. The molecule has 0 saturated carbocycles. The van der Waals surface area contributed by atoms with Crippen molar-refractivity contribution in [3.63, 3.8) is 0 Å². The average molecular weight is 353 g/mol. The summed E-state index contributed by atoms with van der Waals surface area (Å²) in [5, 5.41) is 0. The molecule has 0 aliphatic carbocycles. The van der Waals surface area contributed by atoms with Crippen LogP contribution in [0.15, 0.2) is 36.4 Å². The molecule has 1 aromatic carbocycles. The van der Waals surface area contributed by atoms with Crippen molar-refractivity contribution in [1.29, 1.82) is 0 Å². The Morgan fingerprint density at radius 1 is 1.04 bits per heavy atom. The van der Waals surface area contributed by atoms with Gasteiger partial charge >= 0.3 is 0 Å². The summed E-state index contributed by atoms with van der Waals surface area (Å²) < 4.78 is 5.45. The van der Waals surface area contributed by atoms with E-state index in [1.165, 1.54) is 5.56 Å². The summed E-state index contributed by atoms with van der Waals surface area (Å²) >= 11 is 0. The molecule has 1 unspecified atom stereocenters. The number of benzene rings is 1. The molecule has 1 atom stereocenters. The maximum Gasteiger partial charge on any atom is 0.223 e. The van der Waals surface area contributed by atoms with Gasteiger partial charge in [-0.2, -0.15) is 9.97 Å². The maximum atomic E-state index is 6.04. The SMILES string of the molecule is CC1(C)CN(c2cc(N3CCOCC3)nc(N)n2)CC1c1ccccc1. The minimum atomic E-state index is 0.167. The van der Waals surface area contributed by atoms with Crippen molar-refractivity contribution in [2.75, 3.05) is 54.9 Å². The molecule has 2 aliphatic rings. The van der Waals surface area contributed by atoms with Crippen LogP contribution in [0.1, 0.15) is 25.3 Å². The highest BCUT2D eigenvalue weighted by atomic mass is 16.5. The Morgan fingerprint density at radius 3 is 2.38 bits per heavy atom. The third-order valence-electron chi connectivity index (χ3n) is 5.52. The highest BCUT2D eigenvalue weighted by Gasteiger charge is 2.40. The number of rotatable bonds is 3. The Balaban J connectivity index is 1.60. The van der Waals surface area contributed by atoms with Gasteiger partial charge < -0.3 is 20.3 Å². The van der Waals surface area contributed by atoms with Gasteiger partial charge in [-0.25, -0.2) is 0 Å². The molecule has 6 heteroatoms. The summed E-state index contributed by atoms with van der Waals surface area (Å²) in [5.74, 6) is 2.62. The third-order valence-corrected chi connectivity index (χ3v) is 5.52. The second-order valence-corrected chi connectivity index (χ2v) is 7.87. The lowest BCUT2D eigenvalue weighted by molar-refractivity contribution is 0.122. The van der Waals surface area contributed by atoms with Crippen molar-refractivity contribution in [2.24, 2.45) is 5.41 Å². The van der Waals surface area contributed by atoms with Gasteiger partial charge in [-0.3, -0.25) is 0 Å². The number of nitrogens with two attached hydrogens (primary N) is 1. The predicted molar refractivity (Wildman–Crippen MR) is 105 cm³/mol. The molecule has 26 heavy (non-hydrogen) atoms. The molecule has 6 nitrogen and oxygen atoms in total. The van der Waals surface area contributed by atoms with Crippen LogP contribution in [0.4, 0.5) is 17.6 Å². The van der Waals surface area contributed by atoms with Gasteiger partial charge in [0.1, 0.15) is 11.6 Å². The van der Waals surface area contributed by atoms with Gasteiger partial charge in [0.15, 0.2) is 0 Å². The van der Waals surface area contributed by atoms with Crippen LogP contribution >= 0.6 is 0 Å². The van der Waals surface area contributed by atoms with Crippen LogP contribution in [0.3, 0.4) is 0 Å². The first kappa shape index (κ1) is 17.1. The first-order chi connectivity index (χ1) is 12.5. The Bertz CT molecular complexity index is 758. The highest BCUT2D eigenvalue weighted by molar-refractivity contribution is 5.55. The van der Waals surface area contributed by atoms with Crippen molar-refractivity contribution < 1.29 is 4.74 Å². The van der Waals surface area contributed by atoms with Gasteiger partial charge in [-0.1, -0.05) is 44.2 Å². The van der Waals surface area contributed by atoms with Crippen molar-refractivity contribution >= 4 is 17.6 Å². The first-order valence-corrected chi connectivity index (χ1v) is 9.30. The minimum Gasteiger partial charge on any atom is -0.378 e. The first-order valence-electron chi connectivity index (χ1n) is 9.30. The van der Waals surface area contributed by atoms with Gasteiger partial charge in [0.05, 0.1) is 13.2 Å². The van der Waals surface area contributed by atoms with E-state index in [1.54, 1.807) is 0 Å². The predicted octanol–water partition coefficient (Wildman–Crippen LogP) is 2.53. The molecular weight excluding hydrogens is 326 g/mol. The van der Waals surface area contributed by atoms with Crippen LogP contribution in [0.2, 0.25) is 0 Å². The molecule has 1 aromatic heterocycles. The second-order valence-electron chi connectivity index (χ2n) is 7.87. The largest absolute Gasteiger partial charge is 0.378 e. The fourth-order valence-electron chi connectivity index (χ4n) is 4.11. The molecule has 2 aliphatic heterocycles. The smallest absolute Gasteiger partial charge is 0.223 e. The molecule has 0 spiro atoms. The van der Waals surface area contributed by atoms with Gasteiger partial charge in [0.25, 0.3) is 0 Å². The van der Waals surface area contributed by atoms with E-state index in [2.05, 4.69) is 70.0 Å². The topological polar surface area (TPSA) is 67.5 Å². The fraction of sp³-hybridized carbons (Fsp3) is 0.500. The van der Waals surface area contributed by atoms with E-state index >= 15 is 0 Å². The number of ether oxygens (including phenoxy) is 1. The van der Waals surface area contributed by atoms with Crippen LogP contribution in [-0.2, 0) is 4.74 Å². The molecule has 0 bridgehead atoms. The summed E-state index contributed by atoms with van der Waals surface area (Å²) in [6.45, 7) is 9.69. The number of nitrogen functional groups attached to an aromatic ring is 1. The lowest BCUT2D eigenvalue weighted by atomic mass is 9.78. The summed E-state index contributed by atoms with van der Waals surface area (Å²) in [6.07, 6.45) is 0. The van der Waals surface area contributed by atoms with Crippen molar-refractivity contribution in [3.8, 4) is 0 Å². The van der Waals surface area contributed by atoms with E-state index in [1.807, 2.05) is 0 Å². The lowest BCUT2D eigenvalue weighted by Crippen LogP contribution is -2.37. The normalized spacial score (nSPS) is 22.6. The number of hydrogen-bond acceptors (Lipinski definition) is 6. The van der Waals surface area contributed by atoms with Crippen LogP contribution in [-0.4, -0.2) is 49.4 Å². The van der Waals surface area contributed by atoms with E-state index in [-0.39, 0.29) is 5.41 Å². The molecule has 138 valence electrons. The molecule has 2 fully saturated rings. The highest BCUT2D eigenvalue weighted by Crippen LogP contribution is 2.43. The second kappa shape index (κ2) is 6.76. The number of morpholine rings is 1.